The minimum atomic E-state index is -0.458. The van der Waals surface area contributed by atoms with Crippen molar-refractivity contribution in [2.75, 3.05) is 12.4 Å². The number of carbonyl (C=O) groups is 1. The molecule has 9 heteroatoms. The summed E-state index contributed by atoms with van der Waals surface area (Å²) < 4.78 is 23.9. The smallest absolute Gasteiger partial charge is 0.226 e. The van der Waals surface area contributed by atoms with Crippen LogP contribution in [0.4, 0.5) is 9.52 Å². The highest BCUT2D eigenvalue weighted by molar-refractivity contribution is 7.14. The molecule has 1 aromatic carbocycles. The fraction of sp³-hybridized carbons (Fsp3) is 0.368. The molecule has 0 radical (unpaired) electrons. The monoisotopic (exact) mass is 404 g/mol. The Bertz CT molecular complexity index is 954. The summed E-state index contributed by atoms with van der Waals surface area (Å²) in [6.07, 6.45) is 1.44. The maximum atomic E-state index is 13.8. The van der Waals surface area contributed by atoms with Gasteiger partial charge in [0.2, 0.25) is 11.8 Å². The molecule has 1 N–H and O–H groups in total. The molecule has 148 valence electrons. The number of halogens is 1. The van der Waals surface area contributed by atoms with E-state index in [2.05, 4.69) is 20.4 Å². The summed E-state index contributed by atoms with van der Waals surface area (Å²) in [7, 11) is 1.41. The molecule has 3 aromatic rings. The number of rotatable bonds is 8. The molecule has 3 rings (SSSR count). The number of methoxy groups -OCH3 is 1. The van der Waals surface area contributed by atoms with Gasteiger partial charge in [-0.05, 0) is 24.6 Å². The van der Waals surface area contributed by atoms with Gasteiger partial charge in [0.25, 0.3) is 0 Å². The summed E-state index contributed by atoms with van der Waals surface area (Å²) in [4.78, 5) is 20.7. The lowest BCUT2D eigenvalue weighted by molar-refractivity contribution is -0.116. The van der Waals surface area contributed by atoms with E-state index in [0.717, 1.165) is 0 Å². The van der Waals surface area contributed by atoms with Crippen molar-refractivity contribution in [3.63, 3.8) is 0 Å². The zero-order valence-corrected chi connectivity index (χ0v) is 16.7. The second-order valence-electron chi connectivity index (χ2n) is 6.49. The topological polar surface area (TPSA) is 90.1 Å². The van der Waals surface area contributed by atoms with Crippen LogP contribution < -0.4 is 10.1 Å². The number of ether oxygens (including phenoxy) is 1. The lowest BCUT2D eigenvalue weighted by Gasteiger charge is -2.03. The second kappa shape index (κ2) is 8.92. The Balaban J connectivity index is 1.51. The van der Waals surface area contributed by atoms with Gasteiger partial charge in [-0.1, -0.05) is 19.0 Å². The van der Waals surface area contributed by atoms with Crippen molar-refractivity contribution in [3.8, 4) is 17.0 Å². The number of benzene rings is 1. The molecule has 2 aromatic heterocycles. The van der Waals surface area contributed by atoms with Crippen LogP contribution in [-0.4, -0.2) is 28.1 Å². The number of aromatic nitrogens is 3. The van der Waals surface area contributed by atoms with Crippen LogP contribution >= 0.6 is 11.3 Å². The summed E-state index contributed by atoms with van der Waals surface area (Å²) in [5.41, 5.74) is 1.21. The Hall–Kier alpha value is -2.81. The lowest BCUT2D eigenvalue weighted by atomic mass is 10.1. The third kappa shape index (κ3) is 4.92. The highest BCUT2D eigenvalue weighted by atomic mass is 32.1. The number of nitrogens with zero attached hydrogens (tertiary/aromatic N) is 3. The molecule has 0 saturated heterocycles. The molecule has 0 aliphatic heterocycles. The molecule has 0 aliphatic carbocycles. The van der Waals surface area contributed by atoms with Crippen molar-refractivity contribution in [2.24, 2.45) is 0 Å². The molecule has 7 nitrogen and oxygen atoms in total. The summed E-state index contributed by atoms with van der Waals surface area (Å²) >= 11 is 1.29. The van der Waals surface area contributed by atoms with Crippen molar-refractivity contribution >= 4 is 22.4 Å². The lowest BCUT2D eigenvalue weighted by Crippen LogP contribution is -2.11. The van der Waals surface area contributed by atoms with Gasteiger partial charge in [-0.15, -0.1) is 11.3 Å². The summed E-state index contributed by atoms with van der Waals surface area (Å²) in [6, 6.07) is 4.62. The average molecular weight is 404 g/mol. The number of amides is 1. The fourth-order valence-electron chi connectivity index (χ4n) is 2.48. The maximum Gasteiger partial charge on any atom is 0.226 e. The molecule has 0 saturated carbocycles. The Labute approximate surface area is 166 Å². The predicted molar refractivity (Wildman–Crippen MR) is 104 cm³/mol. The molecule has 1 amide bonds. The van der Waals surface area contributed by atoms with E-state index in [-0.39, 0.29) is 17.6 Å². The SMILES string of the molecule is COc1ccc(-c2csc(NC(=O)CCCc3nc(C(C)C)no3)n2)cc1F. The van der Waals surface area contributed by atoms with Gasteiger partial charge in [-0.3, -0.25) is 4.79 Å². The largest absolute Gasteiger partial charge is 0.494 e. The molecular formula is C19H21FN4O3S. The van der Waals surface area contributed by atoms with Gasteiger partial charge < -0.3 is 14.6 Å². The van der Waals surface area contributed by atoms with E-state index in [9.17, 15) is 9.18 Å². The number of thiazole rings is 1. The Kier molecular flexibility index (Phi) is 6.35. The minimum absolute atomic E-state index is 0.148. The van der Waals surface area contributed by atoms with Gasteiger partial charge >= 0.3 is 0 Å². The second-order valence-corrected chi connectivity index (χ2v) is 7.35. The predicted octanol–water partition coefficient (Wildman–Crippen LogP) is 4.43. The number of carbonyl (C=O) groups excluding carboxylic acids is 1. The van der Waals surface area contributed by atoms with Crippen LogP contribution in [0.3, 0.4) is 0 Å². The average Bonchev–Trinajstić information content (AvgIpc) is 3.31. The first-order chi connectivity index (χ1) is 13.5. The van der Waals surface area contributed by atoms with Crippen LogP contribution in [0.1, 0.15) is 44.3 Å². The Morgan fingerprint density at radius 2 is 2.18 bits per heavy atom. The molecular weight excluding hydrogens is 383 g/mol. The molecule has 28 heavy (non-hydrogen) atoms. The molecule has 2 heterocycles. The number of hydrogen-bond donors (Lipinski definition) is 1. The standard InChI is InChI=1S/C19H21FN4O3S/c1-11(2)18-23-17(27-24-18)6-4-5-16(25)22-19-21-14(10-28-19)12-7-8-15(26-3)13(20)9-12/h7-11H,4-6H2,1-3H3,(H,21,22,25). The number of aryl methyl sites for hydroxylation is 1. The van der Waals surface area contributed by atoms with Crippen molar-refractivity contribution in [3.05, 3.63) is 41.1 Å². The van der Waals surface area contributed by atoms with E-state index in [1.807, 2.05) is 13.8 Å². The third-order valence-electron chi connectivity index (χ3n) is 3.99. The molecule has 0 atom stereocenters. The number of nitrogens with one attached hydrogen (secondary N) is 1. The van der Waals surface area contributed by atoms with Gasteiger partial charge in [-0.2, -0.15) is 4.98 Å². The van der Waals surface area contributed by atoms with Gasteiger partial charge in [0, 0.05) is 29.7 Å². The molecule has 0 aliphatic rings. The molecule has 0 spiro atoms. The maximum absolute atomic E-state index is 13.8. The van der Waals surface area contributed by atoms with Crippen LogP contribution in [0.2, 0.25) is 0 Å². The number of hydrogen-bond acceptors (Lipinski definition) is 7. The van der Waals surface area contributed by atoms with Crippen LogP contribution in [0.15, 0.2) is 28.1 Å². The van der Waals surface area contributed by atoms with Crippen LogP contribution in [-0.2, 0) is 11.2 Å². The quantitative estimate of drug-likeness (QED) is 0.597. The van der Waals surface area contributed by atoms with Gasteiger partial charge in [-0.25, -0.2) is 9.37 Å². The first-order valence-electron chi connectivity index (χ1n) is 8.88. The van der Waals surface area contributed by atoms with Crippen molar-refractivity contribution in [1.82, 2.24) is 15.1 Å². The van der Waals surface area contributed by atoms with E-state index in [4.69, 9.17) is 9.26 Å². The summed E-state index contributed by atoms with van der Waals surface area (Å²) in [6.45, 7) is 3.98. The van der Waals surface area contributed by atoms with Crippen LogP contribution in [0, 0.1) is 5.82 Å². The van der Waals surface area contributed by atoms with Crippen molar-refractivity contribution < 1.29 is 18.4 Å². The third-order valence-corrected chi connectivity index (χ3v) is 4.75. The summed E-state index contributed by atoms with van der Waals surface area (Å²) in [5, 5.41) is 8.90. The van der Waals surface area contributed by atoms with Gasteiger partial charge in [0.05, 0.1) is 12.8 Å². The van der Waals surface area contributed by atoms with Gasteiger partial charge in [0.15, 0.2) is 22.5 Å². The fourth-order valence-corrected chi connectivity index (χ4v) is 3.21. The normalized spacial score (nSPS) is 11.0. The van der Waals surface area contributed by atoms with E-state index in [1.165, 1.54) is 24.5 Å². The zero-order valence-electron chi connectivity index (χ0n) is 15.9. The van der Waals surface area contributed by atoms with E-state index < -0.39 is 5.82 Å². The highest BCUT2D eigenvalue weighted by Crippen LogP contribution is 2.28. The molecule has 0 fully saturated rings. The minimum Gasteiger partial charge on any atom is -0.494 e. The van der Waals surface area contributed by atoms with Crippen LogP contribution in [0.25, 0.3) is 11.3 Å². The van der Waals surface area contributed by atoms with Gasteiger partial charge in [0.1, 0.15) is 0 Å². The van der Waals surface area contributed by atoms with E-state index in [1.54, 1.807) is 17.5 Å². The Morgan fingerprint density at radius 3 is 2.86 bits per heavy atom. The zero-order chi connectivity index (χ0) is 20.1. The van der Waals surface area contributed by atoms with Crippen molar-refractivity contribution in [2.45, 2.75) is 39.0 Å². The van der Waals surface area contributed by atoms with E-state index >= 15 is 0 Å². The highest BCUT2D eigenvalue weighted by Gasteiger charge is 2.12. The Morgan fingerprint density at radius 1 is 1.36 bits per heavy atom. The molecule has 0 bridgehead atoms. The first kappa shape index (κ1) is 19.9. The van der Waals surface area contributed by atoms with E-state index in [0.29, 0.717) is 47.4 Å². The first-order valence-corrected chi connectivity index (χ1v) is 9.76. The summed E-state index contributed by atoms with van der Waals surface area (Å²) in [5.74, 6) is 0.985. The number of anilines is 1. The van der Waals surface area contributed by atoms with Crippen molar-refractivity contribution in [1.29, 1.82) is 0 Å². The van der Waals surface area contributed by atoms with Crippen LogP contribution in [0.5, 0.6) is 5.75 Å². The molecule has 0 unspecified atom stereocenters.